The third kappa shape index (κ3) is 3.80. The summed E-state index contributed by atoms with van der Waals surface area (Å²) in [5.74, 6) is 0.818. The second-order valence-electron chi connectivity index (χ2n) is 4.05. The summed E-state index contributed by atoms with van der Waals surface area (Å²) >= 11 is 5.76. The Labute approximate surface area is 106 Å². The predicted molar refractivity (Wildman–Crippen MR) is 67.5 cm³/mol. The van der Waals surface area contributed by atoms with E-state index in [0.717, 1.165) is 50.8 Å². The molecule has 0 radical (unpaired) electrons. The Morgan fingerprint density at radius 1 is 1.47 bits per heavy atom. The maximum absolute atomic E-state index is 5.76. The molecular formula is C11H17ClN4O. The molecule has 0 unspecified atom stereocenters. The van der Waals surface area contributed by atoms with Gasteiger partial charge in [-0.25, -0.2) is 9.97 Å². The standard InChI is InChI=1S/C11H17ClN4O/c1-9-8-14-11(12)15-10(9)13-2-3-16-4-6-17-7-5-16/h8H,2-7H2,1H3,(H,13,14,15). The molecule has 2 rings (SSSR count). The number of anilines is 1. The summed E-state index contributed by atoms with van der Waals surface area (Å²) in [6.45, 7) is 7.49. The predicted octanol–water partition coefficient (Wildman–Crippen LogP) is 1.18. The molecule has 5 nitrogen and oxygen atoms in total. The third-order valence-electron chi connectivity index (χ3n) is 2.77. The van der Waals surface area contributed by atoms with Gasteiger partial charge < -0.3 is 10.1 Å². The highest BCUT2D eigenvalue weighted by molar-refractivity contribution is 6.28. The first-order valence-electron chi connectivity index (χ1n) is 5.79. The molecule has 17 heavy (non-hydrogen) atoms. The normalized spacial score (nSPS) is 17.1. The lowest BCUT2D eigenvalue weighted by molar-refractivity contribution is 0.0398. The molecule has 1 aromatic heterocycles. The molecule has 0 amide bonds. The molecule has 2 heterocycles. The number of ether oxygens (including phenoxy) is 1. The first-order chi connectivity index (χ1) is 8.25. The number of aryl methyl sites for hydroxylation is 1. The van der Waals surface area contributed by atoms with Crippen LogP contribution in [0.3, 0.4) is 0 Å². The number of rotatable bonds is 4. The Morgan fingerprint density at radius 3 is 3.00 bits per heavy atom. The molecule has 0 aromatic carbocycles. The molecule has 0 spiro atoms. The van der Waals surface area contributed by atoms with Gasteiger partial charge in [-0.3, -0.25) is 4.90 Å². The number of aromatic nitrogens is 2. The van der Waals surface area contributed by atoms with Gasteiger partial charge in [0.2, 0.25) is 5.28 Å². The Hall–Kier alpha value is -0.910. The summed E-state index contributed by atoms with van der Waals surface area (Å²) < 4.78 is 5.30. The molecule has 94 valence electrons. The van der Waals surface area contributed by atoms with Crippen LogP contribution in [0.25, 0.3) is 0 Å². The Kier molecular flexibility index (Phi) is 4.53. The summed E-state index contributed by atoms with van der Waals surface area (Å²) in [5, 5.41) is 3.56. The van der Waals surface area contributed by atoms with Gasteiger partial charge in [-0.2, -0.15) is 0 Å². The van der Waals surface area contributed by atoms with Crippen molar-refractivity contribution in [2.75, 3.05) is 44.7 Å². The molecule has 0 atom stereocenters. The molecular weight excluding hydrogens is 240 g/mol. The molecule has 1 fully saturated rings. The van der Waals surface area contributed by atoms with Crippen molar-refractivity contribution in [3.8, 4) is 0 Å². The van der Waals surface area contributed by atoms with Crippen molar-refractivity contribution in [1.29, 1.82) is 0 Å². The monoisotopic (exact) mass is 256 g/mol. The van der Waals surface area contributed by atoms with Gasteiger partial charge in [-0.1, -0.05) is 0 Å². The van der Waals surface area contributed by atoms with Crippen molar-refractivity contribution in [2.24, 2.45) is 0 Å². The lowest BCUT2D eigenvalue weighted by Gasteiger charge is -2.26. The SMILES string of the molecule is Cc1cnc(Cl)nc1NCCN1CCOCC1. The third-order valence-corrected chi connectivity index (χ3v) is 2.95. The maximum Gasteiger partial charge on any atom is 0.224 e. The molecule has 1 aromatic rings. The fourth-order valence-electron chi connectivity index (χ4n) is 1.76. The summed E-state index contributed by atoms with van der Waals surface area (Å²) in [4.78, 5) is 10.4. The van der Waals surface area contributed by atoms with Gasteiger partial charge in [-0.05, 0) is 18.5 Å². The molecule has 0 saturated carbocycles. The summed E-state index contributed by atoms with van der Waals surface area (Å²) in [6, 6.07) is 0. The van der Waals surface area contributed by atoms with E-state index < -0.39 is 0 Å². The van der Waals surface area contributed by atoms with Gasteiger partial charge in [0.15, 0.2) is 0 Å². The Bertz CT molecular complexity index is 368. The number of nitrogens with one attached hydrogen (secondary N) is 1. The van der Waals surface area contributed by atoms with E-state index in [9.17, 15) is 0 Å². The van der Waals surface area contributed by atoms with Gasteiger partial charge in [0.1, 0.15) is 5.82 Å². The Morgan fingerprint density at radius 2 is 2.24 bits per heavy atom. The summed E-state index contributed by atoms with van der Waals surface area (Å²) in [7, 11) is 0. The molecule has 0 bridgehead atoms. The first kappa shape index (κ1) is 12.5. The molecule has 1 aliphatic heterocycles. The van der Waals surface area contributed by atoms with Crippen LogP contribution in [0.4, 0.5) is 5.82 Å². The van der Waals surface area contributed by atoms with Crippen molar-refractivity contribution in [1.82, 2.24) is 14.9 Å². The van der Waals surface area contributed by atoms with Crippen LogP contribution in [0.2, 0.25) is 5.28 Å². The number of morpholine rings is 1. The minimum Gasteiger partial charge on any atom is -0.379 e. The lowest BCUT2D eigenvalue weighted by atomic mass is 10.3. The fourth-order valence-corrected chi connectivity index (χ4v) is 1.89. The van der Waals surface area contributed by atoms with Crippen molar-refractivity contribution in [3.63, 3.8) is 0 Å². The van der Waals surface area contributed by atoms with Crippen LogP contribution >= 0.6 is 11.6 Å². The summed E-state index contributed by atoms with van der Waals surface area (Å²) in [6.07, 6.45) is 1.73. The number of halogens is 1. The van der Waals surface area contributed by atoms with E-state index in [4.69, 9.17) is 16.3 Å². The van der Waals surface area contributed by atoms with E-state index in [0.29, 0.717) is 0 Å². The van der Waals surface area contributed by atoms with E-state index in [1.54, 1.807) is 6.20 Å². The van der Waals surface area contributed by atoms with Crippen molar-refractivity contribution < 1.29 is 4.74 Å². The highest BCUT2D eigenvalue weighted by Crippen LogP contribution is 2.12. The van der Waals surface area contributed by atoms with Crippen LogP contribution in [-0.4, -0.2) is 54.3 Å². The second-order valence-corrected chi connectivity index (χ2v) is 4.39. The van der Waals surface area contributed by atoms with Crippen LogP contribution in [0.1, 0.15) is 5.56 Å². The average Bonchev–Trinajstić information content (AvgIpc) is 2.35. The van der Waals surface area contributed by atoms with E-state index in [1.807, 2.05) is 6.92 Å². The van der Waals surface area contributed by atoms with Crippen LogP contribution < -0.4 is 5.32 Å². The first-order valence-corrected chi connectivity index (χ1v) is 6.16. The highest BCUT2D eigenvalue weighted by atomic mass is 35.5. The zero-order chi connectivity index (χ0) is 12.1. The summed E-state index contributed by atoms with van der Waals surface area (Å²) in [5.41, 5.74) is 1.01. The number of nitrogens with zero attached hydrogens (tertiary/aromatic N) is 3. The largest absolute Gasteiger partial charge is 0.379 e. The highest BCUT2D eigenvalue weighted by Gasteiger charge is 2.09. The minimum atomic E-state index is 0.282. The maximum atomic E-state index is 5.76. The lowest BCUT2D eigenvalue weighted by Crippen LogP contribution is -2.39. The molecule has 1 N–H and O–H groups in total. The Balaban J connectivity index is 1.79. The van der Waals surface area contributed by atoms with Gasteiger partial charge >= 0.3 is 0 Å². The molecule has 6 heteroatoms. The zero-order valence-electron chi connectivity index (χ0n) is 9.95. The zero-order valence-corrected chi connectivity index (χ0v) is 10.7. The number of hydrogen-bond donors (Lipinski definition) is 1. The van der Waals surface area contributed by atoms with Crippen molar-refractivity contribution in [3.05, 3.63) is 17.0 Å². The van der Waals surface area contributed by atoms with Gasteiger partial charge in [0.05, 0.1) is 13.2 Å². The van der Waals surface area contributed by atoms with Crippen molar-refractivity contribution >= 4 is 17.4 Å². The average molecular weight is 257 g/mol. The van der Waals surface area contributed by atoms with Crippen LogP contribution in [0.15, 0.2) is 6.20 Å². The van der Waals surface area contributed by atoms with Crippen LogP contribution in [0, 0.1) is 6.92 Å². The fraction of sp³-hybridized carbons (Fsp3) is 0.636. The quantitative estimate of drug-likeness (QED) is 0.820. The van der Waals surface area contributed by atoms with E-state index >= 15 is 0 Å². The number of hydrogen-bond acceptors (Lipinski definition) is 5. The van der Waals surface area contributed by atoms with Crippen molar-refractivity contribution in [2.45, 2.75) is 6.92 Å². The molecule has 0 aliphatic carbocycles. The van der Waals surface area contributed by atoms with E-state index in [1.165, 1.54) is 0 Å². The molecule has 1 saturated heterocycles. The van der Waals surface area contributed by atoms with Crippen LogP contribution in [-0.2, 0) is 4.74 Å². The van der Waals surface area contributed by atoms with E-state index in [-0.39, 0.29) is 5.28 Å². The van der Waals surface area contributed by atoms with Gasteiger partial charge in [0, 0.05) is 37.9 Å². The minimum absolute atomic E-state index is 0.282. The second kappa shape index (κ2) is 6.14. The van der Waals surface area contributed by atoms with Gasteiger partial charge in [0.25, 0.3) is 0 Å². The molecule has 1 aliphatic rings. The van der Waals surface area contributed by atoms with E-state index in [2.05, 4.69) is 20.2 Å². The van der Waals surface area contributed by atoms with Crippen LogP contribution in [0.5, 0.6) is 0 Å². The smallest absolute Gasteiger partial charge is 0.224 e. The topological polar surface area (TPSA) is 50.3 Å². The van der Waals surface area contributed by atoms with Gasteiger partial charge in [-0.15, -0.1) is 0 Å².